The zero-order valence-corrected chi connectivity index (χ0v) is 23.9. The fraction of sp³-hybridized carbons (Fsp3) is 0. The summed E-state index contributed by atoms with van der Waals surface area (Å²) in [7, 11) is 0. The number of hydrogen-bond donors (Lipinski definition) is 0. The van der Waals surface area contributed by atoms with E-state index >= 15 is 0 Å². The SMILES string of the molecule is c1ccc(-c2ccc(N(c3ccccc3)c3ccc4c(ccc5ccc6c(ccc7oc8ccccc8c76)c54)c3)cc2)cc1. The van der Waals surface area contributed by atoms with Gasteiger partial charge in [0.15, 0.2) is 0 Å². The summed E-state index contributed by atoms with van der Waals surface area (Å²) in [6.07, 6.45) is 0. The number of benzene rings is 8. The molecule has 9 rings (SSSR count). The molecule has 0 N–H and O–H groups in total. The van der Waals surface area contributed by atoms with Gasteiger partial charge < -0.3 is 9.32 Å². The molecule has 0 saturated heterocycles. The summed E-state index contributed by atoms with van der Waals surface area (Å²) in [4.78, 5) is 2.34. The third kappa shape index (κ3) is 3.89. The van der Waals surface area contributed by atoms with Crippen LogP contribution in [0.3, 0.4) is 0 Å². The van der Waals surface area contributed by atoms with Crippen molar-refractivity contribution in [1.82, 2.24) is 0 Å². The van der Waals surface area contributed by atoms with Gasteiger partial charge >= 0.3 is 0 Å². The molecular formula is C42H27NO. The summed E-state index contributed by atoms with van der Waals surface area (Å²) in [6.45, 7) is 0. The van der Waals surface area contributed by atoms with Crippen LogP contribution >= 0.6 is 0 Å². The summed E-state index contributed by atoms with van der Waals surface area (Å²) >= 11 is 0. The van der Waals surface area contributed by atoms with E-state index in [-0.39, 0.29) is 0 Å². The molecule has 9 aromatic rings. The molecule has 44 heavy (non-hydrogen) atoms. The second kappa shape index (κ2) is 9.86. The van der Waals surface area contributed by atoms with Gasteiger partial charge in [0, 0.05) is 27.8 Å². The summed E-state index contributed by atoms with van der Waals surface area (Å²) in [5.41, 5.74) is 7.65. The number of hydrogen-bond acceptors (Lipinski definition) is 2. The van der Waals surface area contributed by atoms with Crippen molar-refractivity contribution < 1.29 is 4.42 Å². The van der Waals surface area contributed by atoms with Gasteiger partial charge in [0.1, 0.15) is 11.2 Å². The third-order valence-corrected chi connectivity index (χ3v) is 8.82. The van der Waals surface area contributed by atoms with Crippen LogP contribution in [0.2, 0.25) is 0 Å². The molecule has 0 fully saturated rings. The van der Waals surface area contributed by atoms with Crippen LogP contribution in [0.15, 0.2) is 168 Å². The second-order valence-corrected chi connectivity index (χ2v) is 11.4. The summed E-state index contributed by atoms with van der Waals surface area (Å²) in [5, 5.41) is 9.78. The number of para-hydroxylation sites is 2. The summed E-state index contributed by atoms with van der Waals surface area (Å²) < 4.78 is 6.21. The Hall–Kier alpha value is -5.86. The minimum absolute atomic E-state index is 0.926. The molecule has 0 bridgehead atoms. The van der Waals surface area contributed by atoms with Crippen LogP contribution in [0.1, 0.15) is 0 Å². The van der Waals surface area contributed by atoms with Crippen LogP contribution in [0, 0.1) is 0 Å². The van der Waals surface area contributed by atoms with E-state index < -0.39 is 0 Å². The van der Waals surface area contributed by atoms with Gasteiger partial charge in [-0.25, -0.2) is 0 Å². The highest BCUT2D eigenvalue weighted by atomic mass is 16.3. The predicted octanol–water partition coefficient (Wildman–Crippen LogP) is 12.2. The van der Waals surface area contributed by atoms with E-state index in [0.717, 1.165) is 33.6 Å². The molecular weight excluding hydrogens is 534 g/mol. The molecule has 1 aromatic heterocycles. The first-order valence-corrected chi connectivity index (χ1v) is 15.0. The Balaban J connectivity index is 1.23. The van der Waals surface area contributed by atoms with Gasteiger partial charge in [-0.2, -0.15) is 0 Å². The van der Waals surface area contributed by atoms with Crippen molar-refractivity contribution in [1.29, 1.82) is 0 Å². The first-order chi connectivity index (χ1) is 21.8. The molecule has 0 spiro atoms. The highest BCUT2D eigenvalue weighted by molar-refractivity contribution is 6.28. The van der Waals surface area contributed by atoms with Crippen LogP contribution < -0.4 is 4.90 Å². The molecule has 2 heteroatoms. The Morgan fingerprint density at radius 1 is 0.341 bits per heavy atom. The first-order valence-electron chi connectivity index (χ1n) is 15.0. The van der Waals surface area contributed by atoms with E-state index in [2.05, 4.69) is 157 Å². The first kappa shape index (κ1) is 24.7. The quantitative estimate of drug-likeness (QED) is 0.199. The van der Waals surface area contributed by atoms with E-state index in [1.807, 2.05) is 12.1 Å². The zero-order chi connectivity index (χ0) is 29.0. The molecule has 0 aliphatic rings. The number of fused-ring (bicyclic) bond motifs is 9. The van der Waals surface area contributed by atoms with Crippen molar-refractivity contribution >= 4 is 71.3 Å². The van der Waals surface area contributed by atoms with Gasteiger partial charge in [-0.3, -0.25) is 0 Å². The lowest BCUT2D eigenvalue weighted by Gasteiger charge is -2.26. The lowest BCUT2D eigenvalue weighted by atomic mass is 9.94. The fourth-order valence-corrected chi connectivity index (χ4v) is 6.78. The van der Waals surface area contributed by atoms with Crippen LogP contribution in [0.25, 0.3) is 65.4 Å². The van der Waals surface area contributed by atoms with E-state index in [0.29, 0.717) is 0 Å². The monoisotopic (exact) mass is 561 g/mol. The van der Waals surface area contributed by atoms with Crippen molar-refractivity contribution in [2.75, 3.05) is 4.90 Å². The maximum atomic E-state index is 6.21. The van der Waals surface area contributed by atoms with Gasteiger partial charge in [-0.1, -0.05) is 109 Å². The van der Waals surface area contributed by atoms with Gasteiger partial charge in [-0.15, -0.1) is 0 Å². The number of nitrogens with zero attached hydrogens (tertiary/aromatic N) is 1. The number of furan rings is 1. The standard InChI is InChI=1S/C42H27NO/c1-3-9-28(10-4-1)29-17-20-33(21-18-29)43(32-11-5-2-6-12-32)34-22-24-35-31(27-34)16-15-30-19-23-37-36(41(30)35)25-26-40-42(37)38-13-7-8-14-39(38)44-40/h1-27H. The van der Waals surface area contributed by atoms with Crippen LogP contribution in [0.4, 0.5) is 17.1 Å². The van der Waals surface area contributed by atoms with Crippen molar-refractivity contribution in [3.63, 3.8) is 0 Å². The molecule has 2 nitrogen and oxygen atoms in total. The maximum Gasteiger partial charge on any atom is 0.136 e. The van der Waals surface area contributed by atoms with E-state index in [1.165, 1.54) is 48.8 Å². The lowest BCUT2D eigenvalue weighted by molar-refractivity contribution is 0.669. The Labute approximate surface area is 255 Å². The molecule has 0 aliphatic carbocycles. The van der Waals surface area contributed by atoms with E-state index in [1.54, 1.807) is 0 Å². The molecule has 0 atom stereocenters. The third-order valence-electron chi connectivity index (χ3n) is 8.82. The molecule has 0 unspecified atom stereocenters. The average molecular weight is 562 g/mol. The average Bonchev–Trinajstić information content (AvgIpc) is 3.48. The van der Waals surface area contributed by atoms with Crippen molar-refractivity contribution in [2.24, 2.45) is 0 Å². The minimum atomic E-state index is 0.926. The van der Waals surface area contributed by atoms with Gasteiger partial charge in [-0.05, 0) is 98.0 Å². The molecule has 0 aliphatic heterocycles. The molecule has 8 aromatic carbocycles. The smallest absolute Gasteiger partial charge is 0.136 e. The Kier molecular flexibility index (Phi) is 5.54. The topological polar surface area (TPSA) is 16.4 Å². The van der Waals surface area contributed by atoms with Crippen LogP contribution in [-0.4, -0.2) is 0 Å². The van der Waals surface area contributed by atoms with Crippen molar-refractivity contribution in [3.05, 3.63) is 164 Å². The fourth-order valence-electron chi connectivity index (χ4n) is 6.78. The highest BCUT2D eigenvalue weighted by Crippen LogP contribution is 2.42. The molecule has 1 heterocycles. The molecule has 206 valence electrons. The normalized spacial score (nSPS) is 11.6. The Bertz CT molecular complexity index is 2480. The molecule has 0 saturated carbocycles. The van der Waals surface area contributed by atoms with Crippen LogP contribution in [0.5, 0.6) is 0 Å². The molecule has 0 radical (unpaired) electrons. The molecule has 0 amide bonds. The van der Waals surface area contributed by atoms with Crippen molar-refractivity contribution in [2.45, 2.75) is 0 Å². The number of anilines is 3. The zero-order valence-electron chi connectivity index (χ0n) is 23.9. The maximum absolute atomic E-state index is 6.21. The highest BCUT2D eigenvalue weighted by Gasteiger charge is 2.16. The Morgan fingerprint density at radius 3 is 1.77 bits per heavy atom. The number of rotatable bonds is 4. The van der Waals surface area contributed by atoms with Crippen LogP contribution in [-0.2, 0) is 0 Å². The van der Waals surface area contributed by atoms with E-state index in [4.69, 9.17) is 4.42 Å². The second-order valence-electron chi connectivity index (χ2n) is 11.4. The van der Waals surface area contributed by atoms with Crippen molar-refractivity contribution in [3.8, 4) is 11.1 Å². The summed E-state index contributed by atoms with van der Waals surface area (Å²) in [6, 6.07) is 58.5. The largest absolute Gasteiger partial charge is 0.456 e. The van der Waals surface area contributed by atoms with Gasteiger partial charge in [0.2, 0.25) is 0 Å². The Morgan fingerprint density at radius 2 is 0.932 bits per heavy atom. The summed E-state index contributed by atoms with van der Waals surface area (Å²) in [5.74, 6) is 0. The van der Waals surface area contributed by atoms with E-state index in [9.17, 15) is 0 Å². The van der Waals surface area contributed by atoms with Gasteiger partial charge in [0.25, 0.3) is 0 Å². The minimum Gasteiger partial charge on any atom is -0.456 e. The predicted molar refractivity (Wildman–Crippen MR) is 186 cm³/mol. The lowest BCUT2D eigenvalue weighted by Crippen LogP contribution is -2.09. The van der Waals surface area contributed by atoms with Gasteiger partial charge in [0.05, 0.1) is 0 Å².